The Kier molecular flexibility index (Phi) is 4.99. The lowest BCUT2D eigenvalue weighted by Gasteiger charge is -2.25. The Bertz CT molecular complexity index is 428. The van der Waals surface area contributed by atoms with Crippen LogP contribution in [0.15, 0.2) is 11.6 Å². The third-order valence-electron chi connectivity index (χ3n) is 3.22. The molecule has 0 aliphatic heterocycles. The fraction of sp³-hybridized carbons (Fsp3) is 0.714. The highest BCUT2D eigenvalue weighted by atomic mass is 32.1. The molecule has 1 amide bonds. The van der Waals surface area contributed by atoms with Gasteiger partial charge in [-0.1, -0.05) is 0 Å². The molecule has 2 rings (SSSR count). The molecule has 0 saturated heterocycles. The van der Waals surface area contributed by atoms with E-state index in [0.29, 0.717) is 6.04 Å². The number of carbonyl (C=O) groups is 1. The van der Waals surface area contributed by atoms with Gasteiger partial charge in [-0.15, -0.1) is 11.3 Å². The molecule has 1 aliphatic carbocycles. The molecule has 20 heavy (non-hydrogen) atoms. The van der Waals surface area contributed by atoms with Crippen molar-refractivity contribution in [3.63, 3.8) is 0 Å². The number of alkyl carbamates (subject to hydrolysis) is 1. The number of ether oxygens (including phenoxy) is 1. The lowest BCUT2D eigenvalue weighted by atomic mass is 10.1. The molecule has 0 bridgehead atoms. The van der Waals surface area contributed by atoms with Crippen LogP contribution < -0.4 is 10.6 Å². The maximum Gasteiger partial charge on any atom is 0.407 e. The summed E-state index contributed by atoms with van der Waals surface area (Å²) in [6, 6.07) is 0.441. The Labute approximate surface area is 124 Å². The van der Waals surface area contributed by atoms with Gasteiger partial charge in [-0.2, -0.15) is 0 Å². The first-order chi connectivity index (χ1) is 9.44. The molecule has 6 heteroatoms. The Morgan fingerprint density at radius 1 is 1.45 bits per heavy atom. The van der Waals surface area contributed by atoms with Gasteiger partial charge in [0.2, 0.25) is 0 Å². The molecule has 1 aromatic rings. The van der Waals surface area contributed by atoms with E-state index in [9.17, 15) is 4.79 Å². The highest BCUT2D eigenvalue weighted by molar-refractivity contribution is 7.09. The molecule has 0 aromatic carbocycles. The summed E-state index contributed by atoms with van der Waals surface area (Å²) in [4.78, 5) is 16.1. The summed E-state index contributed by atoms with van der Waals surface area (Å²) in [5.41, 5.74) is -0.452. The van der Waals surface area contributed by atoms with Crippen molar-refractivity contribution in [2.45, 2.75) is 64.3 Å². The number of amides is 1. The lowest BCUT2D eigenvalue weighted by molar-refractivity contribution is 0.0498. The third-order valence-corrected chi connectivity index (χ3v) is 4.00. The summed E-state index contributed by atoms with van der Waals surface area (Å²) in [6.45, 7) is 6.38. The summed E-state index contributed by atoms with van der Waals surface area (Å²) in [7, 11) is 0. The first-order valence-electron chi connectivity index (χ1n) is 7.05. The second kappa shape index (κ2) is 6.54. The van der Waals surface area contributed by atoms with Crippen LogP contribution in [0.3, 0.4) is 0 Å². The molecule has 112 valence electrons. The molecular formula is C14H23N3O2S. The molecule has 2 atom stereocenters. The highest BCUT2D eigenvalue weighted by Gasteiger charge is 2.29. The van der Waals surface area contributed by atoms with E-state index < -0.39 is 5.60 Å². The molecule has 0 spiro atoms. The second-order valence-electron chi connectivity index (χ2n) is 6.10. The second-order valence-corrected chi connectivity index (χ2v) is 7.08. The van der Waals surface area contributed by atoms with E-state index in [1.807, 2.05) is 32.3 Å². The van der Waals surface area contributed by atoms with E-state index >= 15 is 0 Å². The van der Waals surface area contributed by atoms with Crippen molar-refractivity contribution in [3.8, 4) is 0 Å². The van der Waals surface area contributed by atoms with Crippen molar-refractivity contribution in [2.24, 2.45) is 0 Å². The SMILES string of the molecule is CC(C)(C)OC(=O)N[C@@H]1CCC[C@H]1NCc1nccs1. The van der Waals surface area contributed by atoms with Gasteiger partial charge >= 0.3 is 6.09 Å². The maximum absolute atomic E-state index is 11.8. The molecule has 0 radical (unpaired) electrons. The van der Waals surface area contributed by atoms with Crippen LogP contribution in [0.2, 0.25) is 0 Å². The Hall–Kier alpha value is -1.14. The van der Waals surface area contributed by atoms with Gasteiger partial charge < -0.3 is 15.4 Å². The number of nitrogens with one attached hydrogen (secondary N) is 2. The zero-order valence-electron chi connectivity index (χ0n) is 12.3. The summed E-state index contributed by atoms with van der Waals surface area (Å²) in [6.07, 6.45) is 4.68. The van der Waals surface area contributed by atoms with Crippen molar-refractivity contribution in [1.29, 1.82) is 0 Å². The molecule has 1 fully saturated rings. The standard InChI is InChI=1S/C14H23N3O2S/c1-14(2,3)19-13(18)17-11-6-4-5-10(11)16-9-12-15-7-8-20-12/h7-8,10-11,16H,4-6,9H2,1-3H3,(H,17,18)/t10-,11-/m1/s1. The minimum absolute atomic E-state index is 0.143. The summed E-state index contributed by atoms with van der Waals surface area (Å²) < 4.78 is 5.31. The fourth-order valence-electron chi connectivity index (χ4n) is 2.39. The predicted octanol–water partition coefficient (Wildman–Crippen LogP) is 2.68. The van der Waals surface area contributed by atoms with Gasteiger partial charge in [0.25, 0.3) is 0 Å². The van der Waals surface area contributed by atoms with E-state index in [-0.39, 0.29) is 12.1 Å². The molecular weight excluding hydrogens is 274 g/mol. The van der Waals surface area contributed by atoms with E-state index in [0.717, 1.165) is 30.8 Å². The number of aromatic nitrogens is 1. The first-order valence-corrected chi connectivity index (χ1v) is 7.93. The lowest BCUT2D eigenvalue weighted by Crippen LogP contribution is -2.47. The van der Waals surface area contributed by atoms with Crippen molar-refractivity contribution < 1.29 is 9.53 Å². The number of hydrogen-bond donors (Lipinski definition) is 2. The predicted molar refractivity (Wildman–Crippen MR) is 79.8 cm³/mol. The van der Waals surface area contributed by atoms with E-state index in [4.69, 9.17) is 4.74 Å². The van der Waals surface area contributed by atoms with Gasteiger partial charge in [0.1, 0.15) is 10.6 Å². The number of thiazole rings is 1. The van der Waals surface area contributed by atoms with Crippen LogP contribution in [0.4, 0.5) is 4.79 Å². The van der Waals surface area contributed by atoms with Crippen LogP contribution in [-0.2, 0) is 11.3 Å². The van der Waals surface area contributed by atoms with Crippen LogP contribution >= 0.6 is 11.3 Å². The van der Waals surface area contributed by atoms with E-state index in [1.54, 1.807) is 11.3 Å². The monoisotopic (exact) mass is 297 g/mol. The van der Waals surface area contributed by atoms with Gasteiger partial charge in [0, 0.05) is 30.2 Å². The molecule has 0 unspecified atom stereocenters. The largest absolute Gasteiger partial charge is 0.444 e. The fourth-order valence-corrected chi connectivity index (χ4v) is 2.96. The summed E-state index contributed by atoms with van der Waals surface area (Å²) >= 11 is 1.64. The van der Waals surface area contributed by atoms with Crippen LogP contribution in [0.5, 0.6) is 0 Å². The Balaban J connectivity index is 1.80. The topological polar surface area (TPSA) is 63.2 Å². The quantitative estimate of drug-likeness (QED) is 0.897. The maximum atomic E-state index is 11.8. The van der Waals surface area contributed by atoms with Gasteiger partial charge in [0.05, 0.1) is 0 Å². The normalized spacial score (nSPS) is 22.8. The number of rotatable bonds is 4. The minimum atomic E-state index is -0.452. The zero-order valence-corrected chi connectivity index (χ0v) is 13.1. The van der Waals surface area contributed by atoms with Crippen molar-refractivity contribution in [3.05, 3.63) is 16.6 Å². The summed E-state index contributed by atoms with van der Waals surface area (Å²) in [5, 5.41) is 9.51. The molecule has 5 nitrogen and oxygen atoms in total. The van der Waals surface area contributed by atoms with Crippen LogP contribution in [0, 0.1) is 0 Å². The Morgan fingerprint density at radius 3 is 2.85 bits per heavy atom. The first kappa shape index (κ1) is 15.3. The van der Waals surface area contributed by atoms with Gasteiger partial charge in [-0.25, -0.2) is 9.78 Å². The zero-order chi connectivity index (χ0) is 14.6. The highest BCUT2D eigenvalue weighted by Crippen LogP contribution is 2.20. The number of carbonyl (C=O) groups excluding carboxylic acids is 1. The van der Waals surface area contributed by atoms with Crippen molar-refractivity contribution in [1.82, 2.24) is 15.6 Å². The van der Waals surface area contributed by atoms with Gasteiger partial charge in [-0.05, 0) is 40.0 Å². The number of hydrogen-bond acceptors (Lipinski definition) is 5. The van der Waals surface area contributed by atoms with Crippen molar-refractivity contribution >= 4 is 17.4 Å². The average Bonchev–Trinajstić information content (AvgIpc) is 2.94. The molecule has 1 saturated carbocycles. The van der Waals surface area contributed by atoms with Crippen LogP contribution in [0.25, 0.3) is 0 Å². The van der Waals surface area contributed by atoms with E-state index in [2.05, 4.69) is 15.6 Å². The van der Waals surface area contributed by atoms with Crippen molar-refractivity contribution in [2.75, 3.05) is 0 Å². The molecule has 1 aliphatic rings. The van der Waals surface area contributed by atoms with E-state index in [1.165, 1.54) is 0 Å². The summed E-state index contributed by atoms with van der Waals surface area (Å²) in [5.74, 6) is 0. The van der Waals surface area contributed by atoms with Crippen LogP contribution in [-0.4, -0.2) is 28.8 Å². The Morgan fingerprint density at radius 2 is 2.20 bits per heavy atom. The van der Waals surface area contributed by atoms with Gasteiger partial charge in [-0.3, -0.25) is 0 Å². The minimum Gasteiger partial charge on any atom is -0.444 e. The molecule has 1 heterocycles. The average molecular weight is 297 g/mol. The smallest absolute Gasteiger partial charge is 0.407 e. The number of nitrogens with zero attached hydrogens (tertiary/aromatic N) is 1. The molecule has 1 aromatic heterocycles. The van der Waals surface area contributed by atoms with Gasteiger partial charge in [0.15, 0.2) is 0 Å². The van der Waals surface area contributed by atoms with Crippen LogP contribution in [0.1, 0.15) is 45.0 Å². The molecule has 2 N–H and O–H groups in total. The third kappa shape index (κ3) is 4.76.